The van der Waals surface area contributed by atoms with Crippen LogP contribution in [0.15, 0.2) is 12.1 Å². The molecule has 1 saturated carbocycles. The van der Waals surface area contributed by atoms with Crippen molar-refractivity contribution < 1.29 is 19.0 Å². The average Bonchev–Trinajstić information content (AvgIpc) is 3.40. The molecule has 158 valence electrons. The lowest BCUT2D eigenvalue weighted by Gasteiger charge is -2.17. The molecule has 0 atom stereocenters. The summed E-state index contributed by atoms with van der Waals surface area (Å²) in [7, 11) is 0. The van der Waals surface area contributed by atoms with Crippen molar-refractivity contribution in [3.05, 3.63) is 23.5 Å². The van der Waals surface area contributed by atoms with Gasteiger partial charge in [-0.3, -0.25) is 4.79 Å². The first-order valence-electron chi connectivity index (χ1n) is 10.3. The number of amides is 1. The lowest BCUT2D eigenvalue weighted by atomic mass is 10.1. The van der Waals surface area contributed by atoms with Gasteiger partial charge in [0.15, 0.2) is 17.3 Å². The van der Waals surface area contributed by atoms with E-state index in [1.165, 1.54) is 12.8 Å². The molecule has 1 fully saturated rings. The van der Waals surface area contributed by atoms with Crippen LogP contribution >= 0.6 is 0 Å². The van der Waals surface area contributed by atoms with Crippen molar-refractivity contribution in [3.8, 4) is 17.2 Å². The highest BCUT2D eigenvalue weighted by molar-refractivity contribution is 5.95. The second kappa shape index (κ2) is 10.1. The number of nitrogens with one attached hydrogen (secondary N) is 1. The van der Waals surface area contributed by atoms with Crippen molar-refractivity contribution in [1.82, 2.24) is 25.5 Å². The summed E-state index contributed by atoms with van der Waals surface area (Å²) >= 11 is 0. The number of hydrogen-bond acceptors (Lipinski definition) is 7. The summed E-state index contributed by atoms with van der Waals surface area (Å²) in [6.45, 7) is 7.27. The standard InChI is InChI=1S/C20H29N5O4/c1-4-27-16-11-14(12-17(28-5-2)19(16)29-6-3)20(26)21-13-18-22-23-24-25(18)15-9-7-8-10-15/h11-12,15H,4-10,13H2,1-3H3,(H,21,26). The molecule has 0 aliphatic heterocycles. The molecule has 0 bridgehead atoms. The Bertz CT molecular complexity index is 790. The van der Waals surface area contributed by atoms with Gasteiger partial charge in [0.1, 0.15) is 0 Å². The molecule has 0 radical (unpaired) electrons. The van der Waals surface area contributed by atoms with Crippen LogP contribution in [0.5, 0.6) is 17.2 Å². The minimum absolute atomic E-state index is 0.253. The van der Waals surface area contributed by atoms with Crippen LogP contribution in [0.4, 0.5) is 0 Å². The Labute approximate surface area is 170 Å². The molecular weight excluding hydrogens is 374 g/mol. The number of carbonyl (C=O) groups is 1. The van der Waals surface area contributed by atoms with Crippen LogP contribution in [0, 0.1) is 0 Å². The van der Waals surface area contributed by atoms with Gasteiger partial charge >= 0.3 is 0 Å². The second-order valence-corrected chi connectivity index (χ2v) is 6.76. The van der Waals surface area contributed by atoms with Gasteiger partial charge < -0.3 is 19.5 Å². The zero-order chi connectivity index (χ0) is 20.6. The maximum atomic E-state index is 12.8. The molecule has 1 aromatic heterocycles. The molecule has 9 heteroatoms. The van der Waals surface area contributed by atoms with Gasteiger partial charge in [0.2, 0.25) is 5.75 Å². The quantitative estimate of drug-likeness (QED) is 0.651. The van der Waals surface area contributed by atoms with E-state index in [4.69, 9.17) is 14.2 Å². The summed E-state index contributed by atoms with van der Waals surface area (Å²) in [5, 5.41) is 14.9. The van der Waals surface area contributed by atoms with Crippen molar-refractivity contribution in [1.29, 1.82) is 0 Å². The first kappa shape index (κ1) is 20.9. The number of hydrogen-bond donors (Lipinski definition) is 1. The number of benzene rings is 1. The Morgan fingerprint density at radius 2 is 1.69 bits per heavy atom. The third-order valence-corrected chi connectivity index (χ3v) is 4.81. The van der Waals surface area contributed by atoms with Crippen LogP contribution in [-0.4, -0.2) is 45.9 Å². The maximum Gasteiger partial charge on any atom is 0.251 e. The maximum absolute atomic E-state index is 12.8. The van der Waals surface area contributed by atoms with E-state index in [-0.39, 0.29) is 12.5 Å². The highest BCUT2D eigenvalue weighted by Crippen LogP contribution is 2.39. The molecule has 1 N–H and O–H groups in total. The first-order valence-corrected chi connectivity index (χ1v) is 10.3. The third kappa shape index (κ3) is 4.96. The van der Waals surface area contributed by atoms with Crippen molar-refractivity contribution in [2.45, 2.75) is 59.0 Å². The van der Waals surface area contributed by atoms with Crippen LogP contribution < -0.4 is 19.5 Å². The van der Waals surface area contributed by atoms with E-state index < -0.39 is 0 Å². The predicted molar refractivity (Wildman–Crippen MR) is 106 cm³/mol. The fourth-order valence-corrected chi connectivity index (χ4v) is 3.54. The molecule has 2 aromatic rings. The van der Waals surface area contributed by atoms with E-state index in [2.05, 4.69) is 20.8 Å². The zero-order valence-electron chi connectivity index (χ0n) is 17.3. The molecular formula is C20H29N5O4. The molecule has 1 aromatic carbocycles. The Kier molecular flexibility index (Phi) is 7.26. The van der Waals surface area contributed by atoms with Gasteiger partial charge in [0, 0.05) is 5.56 Å². The molecule has 0 saturated heterocycles. The van der Waals surface area contributed by atoms with E-state index in [1.807, 2.05) is 25.5 Å². The Morgan fingerprint density at radius 1 is 1.07 bits per heavy atom. The Balaban J connectivity index is 1.77. The topological polar surface area (TPSA) is 100 Å². The molecule has 1 amide bonds. The highest BCUT2D eigenvalue weighted by atomic mass is 16.5. The summed E-state index contributed by atoms with van der Waals surface area (Å²) in [5.74, 6) is 1.89. The van der Waals surface area contributed by atoms with Crippen LogP contribution in [0.3, 0.4) is 0 Å². The number of carbonyl (C=O) groups excluding carboxylic acids is 1. The van der Waals surface area contributed by atoms with E-state index in [0.29, 0.717) is 54.5 Å². The van der Waals surface area contributed by atoms with Crippen molar-refractivity contribution >= 4 is 5.91 Å². The van der Waals surface area contributed by atoms with Crippen LogP contribution in [-0.2, 0) is 6.54 Å². The third-order valence-electron chi connectivity index (χ3n) is 4.81. The largest absolute Gasteiger partial charge is 0.490 e. The Hall–Kier alpha value is -2.84. The van der Waals surface area contributed by atoms with Crippen LogP contribution in [0.25, 0.3) is 0 Å². The van der Waals surface area contributed by atoms with Gasteiger partial charge in [-0.05, 0) is 56.2 Å². The first-order chi connectivity index (χ1) is 14.2. The molecule has 1 aliphatic rings. The lowest BCUT2D eigenvalue weighted by Crippen LogP contribution is -2.26. The van der Waals surface area contributed by atoms with Gasteiger partial charge in [-0.2, -0.15) is 0 Å². The number of nitrogens with zero attached hydrogens (tertiary/aromatic N) is 4. The summed E-state index contributed by atoms with van der Waals surface area (Å²) in [6.07, 6.45) is 4.51. The van der Waals surface area contributed by atoms with Gasteiger partial charge in [0.25, 0.3) is 5.91 Å². The van der Waals surface area contributed by atoms with Crippen molar-refractivity contribution in [2.24, 2.45) is 0 Å². The number of aromatic nitrogens is 4. The molecule has 0 spiro atoms. The molecule has 1 aliphatic carbocycles. The number of ether oxygens (including phenoxy) is 3. The fraction of sp³-hybridized carbons (Fsp3) is 0.600. The monoisotopic (exact) mass is 403 g/mol. The normalized spacial score (nSPS) is 14.0. The van der Waals surface area contributed by atoms with Crippen molar-refractivity contribution in [2.75, 3.05) is 19.8 Å². The lowest BCUT2D eigenvalue weighted by molar-refractivity contribution is 0.0948. The number of rotatable bonds is 10. The van der Waals surface area contributed by atoms with E-state index >= 15 is 0 Å². The van der Waals surface area contributed by atoms with Crippen LogP contribution in [0.2, 0.25) is 0 Å². The molecule has 3 rings (SSSR count). The summed E-state index contributed by atoms with van der Waals surface area (Å²) < 4.78 is 18.9. The van der Waals surface area contributed by atoms with Gasteiger partial charge in [-0.25, -0.2) is 4.68 Å². The van der Waals surface area contributed by atoms with Gasteiger partial charge in [-0.15, -0.1) is 5.10 Å². The molecule has 9 nitrogen and oxygen atoms in total. The number of tetrazole rings is 1. The predicted octanol–water partition coefficient (Wildman–Crippen LogP) is 2.91. The van der Waals surface area contributed by atoms with E-state index in [9.17, 15) is 4.79 Å². The summed E-state index contributed by atoms with van der Waals surface area (Å²) in [6, 6.07) is 3.66. The second-order valence-electron chi connectivity index (χ2n) is 6.76. The Morgan fingerprint density at radius 3 is 2.28 bits per heavy atom. The highest BCUT2D eigenvalue weighted by Gasteiger charge is 2.22. The van der Waals surface area contributed by atoms with Crippen molar-refractivity contribution in [3.63, 3.8) is 0 Å². The molecule has 29 heavy (non-hydrogen) atoms. The van der Waals surface area contributed by atoms with E-state index in [1.54, 1.807) is 12.1 Å². The smallest absolute Gasteiger partial charge is 0.251 e. The minimum Gasteiger partial charge on any atom is -0.490 e. The van der Waals surface area contributed by atoms with Gasteiger partial charge in [0.05, 0.1) is 32.4 Å². The van der Waals surface area contributed by atoms with Crippen LogP contribution in [0.1, 0.15) is 68.7 Å². The summed E-state index contributed by atoms with van der Waals surface area (Å²) in [4.78, 5) is 12.8. The van der Waals surface area contributed by atoms with Gasteiger partial charge in [-0.1, -0.05) is 12.8 Å². The summed E-state index contributed by atoms with van der Waals surface area (Å²) in [5.41, 5.74) is 0.431. The minimum atomic E-state index is -0.254. The molecule has 0 unspecified atom stereocenters. The fourth-order valence-electron chi connectivity index (χ4n) is 3.54. The van der Waals surface area contributed by atoms with E-state index in [0.717, 1.165) is 12.8 Å². The zero-order valence-corrected chi connectivity index (χ0v) is 17.3. The average molecular weight is 403 g/mol. The SMILES string of the molecule is CCOc1cc(C(=O)NCc2nnnn2C2CCCC2)cc(OCC)c1OCC. The molecule has 1 heterocycles.